The summed E-state index contributed by atoms with van der Waals surface area (Å²) >= 11 is 0. The van der Waals surface area contributed by atoms with Gasteiger partial charge < -0.3 is 0 Å². The maximum atomic E-state index is 5.37. The third kappa shape index (κ3) is 5.36. The molecule has 10 aromatic rings. The molecule has 9 aromatic carbocycles. The molecule has 0 aliphatic heterocycles. The van der Waals surface area contributed by atoms with Crippen LogP contribution in [-0.4, -0.2) is 9.97 Å². The number of hydrogen-bond donors (Lipinski definition) is 0. The minimum Gasteiger partial charge on any atom is -0.228 e. The summed E-state index contributed by atoms with van der Waals surface area (Å²) in [6.07, 6.45) is 0. The Morgan fingerprint density at radius 1 is 0.306 bits per heavy atom. The molecular formula is C60H42N2. The van der Waals surface area contributed by atoms with Gasteiger partial charge in [-0.05, 0) is 95.7 Å². The SMILES string of the molecule is CC1(C)c2ccccc2-c2ccc(-c3ccc(-c4cc(-c5ccc6c(c5)C(c5ccccc5)(c5ccccc5)c5ccccc5-6)nc(-c5ccccc5)n4)c4ccccc34)cc21. The second kappa shape index (κ2) is 13.9. The van der Waals surface area contributed by atoms with Gasteiger partial charge in [-0.25, -0.2) is 9.97 Å². The van der Waals surface area contributed by atoms with E-state index in [4.69, 9.17) is 9.97 Å². The van der Waals surface area contributed by atoms with E-state index in [0.717, 1.165) is 33.5 Å². The maximum Gasteiger partial charge on any atom is 0.160 e. The lowest BCUT2D eigenvalue weighted by Crippen LogP contribution is -2.28. The van der Waals surface area contributed by atoms with E-state index in [0.29, 0.717) is 5.82 Å². The van der Waals surface area contributed by atoms with Gasteiger partial charge in [0.05, 0.1) is 16.8 Å². The normalized spacial score (nSPS) is 13.9. The average molecular weight is 791 g/mol. The molecule has 0 amide bonds. The van der Waals surface area contributed by atoms with E-state index in [2.05, 4.69) is 226 Å². The fourth-order valence-electron chi connectivity index (χ4n) is 10.7. The zero-order chi connectivity index (χ0) is 41.4. The predicted molar refractivity (Wildman–Crippen MR) is 256 cm³/mol. The molecule has 12 rings (SSSR count). The van der Waals surface area contributed by atoms with Crippen molar-refractivity contribution >= 4 is 10.8 Å². The van der Waals surface area contributed by atoms with Crippen molar-refractivity contribution < 1.29 is 0 Å². The molecule has 0 fully saturated rings. The van der Waals surface area contributed by atoms with Crippen molar-refractivity contribution in [3.63, 3.8) is 0 Å². The second-order valence-electron chi connectivity index (χ2n) is 17.3. The second-order valence-corrected chi connectivity index (χ2v) is 17.3. The van der Waals surface area contributed by atoms with Gasteiger partial charge in [-0.15, -0.1) is 0 Å². The average Bonchev–Trinajstić information content (AvgIpc) is 3.76. The van der Waals surface area contributed by atoms with Crippen molar-refractivity contribution in [2.24, 2.45) is 0 Å². The van der Waals surface area contributed by atoms with Gasteiger partial charge in [-0.3, -0.25) is 0 Å². The standard InChI is InChI=1S/C60H42N2/c1-59(2)52-28-16-14-26-47(52)49-32-30-40(36-54(49)59)44-34-35-51(46-25-13-12-24-45(44)46)57-38-56(61-58(62-57)39-18-6-3-7-19-39)41-31-33-50-48-27-15-17-29-53(48)60(55(50)37-41,42-20-8-4-9-21-42)43-22-10-5-11-23-43/h3-38H,1-2H3. The van der Waals surface area contributed by atoms with Crippen LogP contribution in [0.5, 0.6) is 0 Å². The summed E-state index contributed by atoms with van der Waals surface area (Å²) in [6.45, 7) is 4.70. The van der Waals surface area contributed by atoms with Gasteiger partial charge in [0.25, 0.3) is 0 Å². The zero-order valence-corrected chi connectivity index (χ0v) is 34.7. The van der Waals surface area contributed by atoms with Crippen molar-refractivity contribution in [3.05, 3.63) is 252 Å². The number of nitrogens with zero attached hydrogens (tertiary/aromatic N) is 2. The molecule has 62 heavy (non-hydrogen) atoms. The fraction of sp³-hybridized carbons (Fsp3) is 0.0667. The lowest BCUT2D eigenvalue weighted by molar-refractivity contribution is 0.660. The lowest BCUT2D eigenvalue weighted by Gasteiger charge is -2.34. The Hall–Kier alpha value is -7.68. The first-order chi connectivity index (χ1) is 30.5. The van der Waals surface area contributed by atoms with E-state index in [-0.39, 0.29) is 5.41 Å². The molecule has 2 aliphatic rings. The van der Waals surface area contributed by atoms with Crippen molar-refractivity contribution in [1.29, 1.82) is 0 Å². The van der Waals surface area contributed by atoms with Gasteiger partial charge in [-0.2, -0.15) is 0 Å². The Morgan fingerprint density at radius 2 is 0.774 bits per heavy atom. The smallest absolute Gasteiger partial charge is 0.160 e. The van der Waals surface area contributed by atoms with Crippen LogP contribution in [0.4, 0.5) is 0 Å². The number of hydrogen-bond acceptors (Lipinski definition) is 2. The van der Waals surface area contributed by atoms with Crippen molar-refractivity contribution in [1.82, 2.24) is 9.97 Å². The highest BCUT2D eigenvalue weighted by atomic mass is 14.9. The van der Waals surface area contributed by atoms with Crippen LogP contribution < -0.4 is 0 Å². The highest BCUT2D eigenvalue weighted by Crippen LogP contribution is 2.57. The lowest BCUT2D eigenvalue weighted by atomic mass is 9.67. The van der Waals surface area contributed by atoms with Gasteiger partial charge in [0.1, 0.15) is 0 Å². The van der Waals surface area contributed by atoms with Crippen LogP contribution in [0.3, 0.4) is 0 Å². The molecule has 2 heteroatoms. The minimum atomic E-state index is -0.510. The van der Waals surface area contributed by atoms with Crippen molar-refractivity contribution in [2.75, 3.05) is 0 Å². The van der Waals surface area contributed by atoms with E-state index in [1.165, 1.54) is 72.1 Å². The van der Waals surface area contributed by atoms with E-state index < -0.39 is 5.41 Å². The summed E-state index contributed by atoms with van der Waals surface area (Å²) in [6, 6.07) is 79.6. The quantitative estimate of drug-likeness (QED) is 0.168. The van der Waals surface area contributed by atoms with Crippen LogP contribution in [0.15, 0.2) is 218 Å². The van der Waals surface area contributed by atoms with E-state index in [9.17, 15) is 0 Å². The summed E-state index contributed by atoms with van der Waals surface area (Å²) in [5.74, 6) is 0.702. The van der Waals surface area contributed by atoms with E-state index in [1.54, 1.807) is 0 Å². The minimum absolute atomic E-state index is 0.0783. The van der Waals surface area contributed by atoms with Gasteiger partial charge in [0.15, 0.2) is 5.82 Å². The molecular weight excluding hydrogens is 749 g/mol. The van der Waals surface area contributed by atoms with Crippen LogP contribution >= 0.6 is 0 Å². The van der Waals surface area contributed by atoms with E-state index >= 15 is 0 Å². The molecule has 0 saturated carbocycles. The number of aromatic nitrogens is 2. The molecule has 1 heterocycles. The Balaban J connectivity index is 1.05. The Bertz CT molecular complexity index is 3330. The molecule has 2 nitrogen and oxygen atoms in total. The highest BCUT2D eigenvalue weighted by Gasteiger charge is 2.46. The van der Waals surface area contributed by atoms with Crippen LogP contribution in [-0.2, 0) is 10.8 Å². The summed E-state index contributed by atoms with van der Waals surface area (Å²) in [4.78, 5) is 10.7. The van der Waals surface area contributed by atoms with Crippen molar-refractivity contribution in [2.45, 2.75) is 24.7 Å². The van der Waals surface area contributed by atoms with Crippen LogP contribution in [0.25, 0.3) is 78.1 Å². The van der Waals surface area contributed by atoms with Crippen molar-refractivity contribution in [3.8, 4) is 67.3 Å². The number of fused-ring (bicyclic) bond motifs is 7. The molecule has 2 aliphatic carbocycles. The molecule has 0 bridgehead atoms. The summed E-state index contributed by atoms with van der Waals surface area (Å²) in [7, 11) is 0. The Kier molecular flexibility index (Phi) is 8.14. The van der Waals surface area contributed by atoms with Gasteiger partial charge in [0.2, 0.25) is 0 Å². The van der Waals surface area contributed by atoms with Crippen LogP contribution in [0, 0.1) is 0 Å². The van der Waals surface area contributed by atoms with Crippen LogP contribution in [0.2, 0.25) is 0 Å². The van der Waals surface area contributed by atoms with Gasteiger partial charge >= 0.3 is 0 Å². The molecule has 0 saturated heterocycles. The third-order valence-electron chi connectivity index (χ3n) is 13.6. The summed E-state index contributed by atoms with van der Waals surface area (Å²) in [5, 5.41) is 2.36. The summed E-state index contributed by atoms with van der Waals surface area (Å²) in [5.41, 5.74) is 19.7. The number of benzene rings is 9. The Labute approximate surface area is 362 Å². The molecule has 0 atom stereocenters. The first kappa shape index (κ1) is 36.2. The molecule has 0 unspecified atom stereocenters. The predicted octanol–water partition coefficient (Wildman–Crippen LogP) is 15.0. The van der Waals surface area contributed by atoms with Gasteiger partial charge in [0, 0.05) is 22.1 Å². The molecule has 292 valence electrons. The van der Waals surface area contributed by atoms with E-state index in [1.807, 2.05) is 6.07 Å². The Morgan fingerprint density at radius 3 is 1.47 bits per heavy atom. The maximum absolute atomic E-state index is 5.37. The highest BCUT2D eigenvalue weighted by molar-refractivity contribution is 6.05. The molecule has 0 radical (unpaired) electrons. The van der Waals surface area contributed by atoms with Crippen LogP contribution in [0.1, 0.15) is 47.2 Å². The topological polar surface area (TPSA) is 25.8 Å². The third-order valence-corrected chi connectivity index (χ3v) is 13.6. The molecule has 0 N–H and O–H groups in total. The fourth-order valence-corrected chi connectivity index (χ4v) is 10.7. The first-order valence-electron chi connectivity index (χ1n) is 21.6. The molecule has 1 aromatic heterocycles. The molecule has 0 spiro atoms. The first-order valence-corrected chi connectivity index (χ1v) is 21.6. The number of rotatable bonds is 6. The monoisotopic (exact) mass is 790 g/mol. The largest absolute Gasteiger partial charge is 0.228 e. The summed E-state index contributed by atoms with van der Waals surface area (Å²) < 4.78 is 0. The van der Waals surface area contributed by atoms with Gasteiger partial charge in [-0.1, -0.05) is 214 Å². The zero-order valence-electron chi connectivity index (χ0n) is 34.7.